The Hall–Kier alpha value is -3.20. The second kappa shape index (κ2) is 6.50. The third-order valence-corrected chi connectivity index (χ3v) is 3.78. The van der Waals surface area contributed by atoms with Gasteiger partial charge in [-0.1, -0.05) is 12.1 Å². The molecule has 0 fully saturated rings. The monoisotopic (exact) mass is 325 g/mol. The van der Waals surface area contributed by atoms with E-state index >= 15 is 0 Å². The van der Waals surface area contributed by atoms with Gasteiger partial charge in [-0.2, -0.15) is 5.26 Å². The minimum absolute atomic E-state index is 0.0729. The van der Waals surface area contributed by atoms with Gasteiger partial charge in [0.2, 0.25) is 12.5 Å². The van der Waals surface area contributed by atoms with Crippen molar-refractivity contribution in [2.24, 2.45) is 0 Å². The molecule has 1 atom stereocenters. The number of methoxy groups -OCH3 is 2. The Morgan fingerprint density at radius 2 is 1.92 bits per heavy atom. The SMILES string of the molecule is COc1ccc([C@@H](C#N)C(=O)c2cc(OC)c3c(c2)OCO3)cc1. The van der Waals surface area contributed by atoms with Gasteiger partial charge in [-0.3, -0.25) is 4.79 Å². The molecule has 24 heavy (non-hydrogen) atoms. The molecule has 6 nitrogen and oxygen atoms in total. The molecule has 1 heterocycles. The topological polar surface area (TPSA) is 77.8 Å². The number of fused-ring (bicyclic) bond motifs is 1. The Labute approximate surface area is 139 Å². The summed E-state index contributed by atoms with van der Waals surface area (Å²) in [4.78, 5) is 12.8. The molecule has 0 spiro atoms. The first-order chi connectivity index (χ1) is 11.7. The molecule has 1 aliphatic rings. The Morgan fingerprint density at radius 3 is 2.54 bits per heavy atom. The maximum absolute atomic E-state index is 12.8. The fraction of sp³-hybridized carbons (Fsp3) is 0.222. The van der Waals surface area contributed by atoms with E-state index in [9.17, 15) is 10.1 Å². The van der Waals surface area contributed by atoms with Gasteiger partial charge in [0.1, 0.15) is 11.7 Å². The van der Waals surface area contributed by atoms with Gasteiger partial charge in [-0.05, 0) is 29.8 Å². The number of benzene rings is 2. The van der Waals surface area contributed by atoms with E-state index < -0.39 is 5.92 Å². The van der Waals surface area contributed by atoms with Crippen molar-refractivity contribution in [2.45, 2.75) is 5.92 Å². The first kappa shape index (κ1) is 15.7. The van der Waals surface area contributed by atoms with Crippen molar-refractivity contribution in [1.29, 1.82) is 5.26 Å². The Bertz CT molecular complexity index is 807. The van der Waals surface area contributed by atoms with E-state index in [4.69, 9.17) is 18.9 Å². The molecule has 0 aromatic heterocycles. The number of hydrogen-bond acceptors (Lipinski definition) is 6. The third kappa shape index (κ3) is 2.72. The van der Waals surface area contributed by atoms with E-state index in [1.807, 2.05) is 0 Å². The Morgan fingerprint density at radius 1 is 1.17 bits per heavy atom. The molecule has 122 valence electrons. The van der Waals surface area contributed by atoms with Crippen LogP contribution in [0.1, 0.15) is 21.8 Å². The highest BCUT2D eigenvalue weighted by Crippen LogP contribution is 2.42. The van der Waals surface area contributed by atoms with Gasteiger partial charge in [0.05, 0.1) is 20.3 Å². The number of hydrogen-bond donors (Lipinski definition) is 0. The second-order valence-corrected chi connectivity index (χ2v) is 5.11. The van der Waals surface area contributed by atoms with Crippen molar-refractivity contribution in [3.05, 3.63) is 47.5 Å². The normalized spacial score (nSPS) is 13.0. The van der Waals surface area contributed by atoms with Crippen LogP contribution in [0.2, 0.25) is 0 Å². The highest BCUT2D eigenvalue weighted by Gasteiger charge is 2.27. The maximum atomic E-state index is 12.8. The van der Waals surface area contributed by atoms with Crippen molar-refractivity contribution in [2.75, 3.05) is 21.0 Å². The summed E-state index contributed by atoms with van der Waals surface area (Å²) < 4.78 is 21.0. The molecule has 0 bridgehead atoms. The predicted octanol–water partition coefficient (Wildman–Crippen LogP) is 2.92. The number of nitrogens with zero attached hydrogens (tertiary/aromatic N) is 1. The first-order valence-electron chi connectivity index (χ1n) is 7.23. The lowest BCUT2D eigenvalue weighted by Crippen LogP contribution is -2.11. The van der Waals surface area contributed by atoms with Crippen LogP contribution in [0.5, 0.6) is 23.0 Å². The fourth-order valence-corrected chi connectivity index (χ4v) is 2.52. The van der Waals surface area contributed by atoms with Crippen LogP contribution >= 0.6 is 0 Å². The second-order valence-electron chi connectivity index (χ2n) is 5.11. The van der Waals surface area contributed by atoms with Crippen molar-refractivity contribution < 1.29 is 23.7 Å². The molecular formula is C18H15NO5. The Kier molecular flexibility index (Phi) is 4.25. The number of rotatable bonds is 5. The maximum Gasteiger partial charge on any atom is 0.231 e. The number of ketones is 1. The summed E-state index contributed by atoms with van der Waals surface area (Å²) in [5.74, 6) is 0.698. The molecule has 0 amide bonds. The van der Waals surface area contributed by atoms with Gasteiger partial charge in [-0.25, -0.2) is 0 Å². The van der Waals surface area contributed by atoms with Crippen molar-refractivity contribution >= 4 is 5.78 Å². The summed E-state index contributed by atoms with van der Waals surface area (Å²) in [5, 5.41) is 9.47. The van der Waals surface area contributed by atoms with Crippen LogP contribution in [0, 0.1) is 11.3 Å². The lowest BCUT2D eigenvalue weighted by atomic mass is 9.91. The lowest BCUT2D eigenvalue weighted by Gasteiger charge is -2.12. The van der Waals surface area contributed by atoms with Crippen LogP contribution in [0.3, 0.4) is 0 Å². The number of nitriles is 1. The average Bonchev–Trinajstić information content (AvgIpc) is 3.10. The lowest BCUT2D eigenvalue weighted by molar-refractivity contribution is 0.0978. The van der Waals surface area contributed by atoms with E-state index in [0.717, 1.165) is 0 Å². The summed E-state index contributed by atoms with van der Waals surface area (Å²) in [6.07, 6.45) is 0. The molecule has 1 aliphatic heterocycles. The first-order valence-corrected chi connectivity index (χ1v) is 7.23. The summed E-state index contributed by atoms with van der Waals surface area (Å²) in [6.45, 7) is 0.0729. The molecule has 0 N–H and O–H groups in total. The molecule has 6 heteroatoms. The minimum atomic E-state index is -0.930. The summed E-state index contributed by atoms with van der Waals surface area (Å²) in [6, 6.07) is 12.0. The summed E-state index contributed by atoms with van der Waals surface area (Å²) >= 11 is 0. The number of carbonyl (C=O) groups is 1. The highest BCUT2D eigenvalue weighted by atomic mass is 16.7. The van der Waals surface area contributed by atoms with Crippen LogP contribution in [0.15, 0.2) is 36.4 Å². The molecule has 0 radical (unpaired) electrons. The third-order valence-electron chi connectivity index (χ3n) is 3.78. The summed E-state index contributed by atoms with van der Waals surface area (Å²) in [5.41, 5.74) is 0.929. The van der Waals surface area contributed by atoms with E-state index in [1.54, 1.807) is 43.5 Å². The number of Topliss-reactive ketones (excluding diaryl/α,β-unsaturated/α-hetero) is 1. The zero-order chi connectivity index (χ0) is 17.1. The van der Waals surface area contributed by atoms with Crippen LogP contribution in [0.4, 0.5) is 0 Å². The van der Waals surface area contributed by atoms with Crippen molar-refractivity contribution in [3.8, 4) is 29.1 Å². The molecule has 0 aliphatic carbocycles. The molecular weight excluding hydrogens is 310 g/mol. The van der Waals surface area contributed by atoms with Crippen LogP contribution in [-0.2, 0) is 0 Å². The smallest absolute Gasteiger partial charge is 0.231 e. The van der Waals surface area contributed by atoms with Gasteiger partial charge in [-0.15, -0.1) is 0 Å². The van der Waals surface area contributed by atoms with Gasteiger partial charge in [0.25, 0.3) is 0 Å². The predicted molar refractivity (Wildman–Crippen MR) is 84.8 cm³/mol. The average molecular weight is 325 g/mol. The molecule has 0 saturated heterocycles. The molecule has 0 unspecified atom stereocenters. The van der Waals surface area contributed by atoms with Crippen molar-refractivity contribution in [3.63, 3.8) is 0 Å². The zero-order valence-corrected chi connectivity index (χ0v) is 13.2. The van der Waals surface area contributed by atoms with Gasteiger partial charge < -0.3 is 18.9 Å². The zero-order valence-electron chi connectivity index (χ0n) is 13.2. The number of carbonyl (C=O) groups excluding carboxylic acids is 1. The standard InChI is InChI=1S/C18H15NO5/c1-21-13-5-3-11(4-6-13)14(9-19)17(20)12-7-15(22-2)18-16(8-12)23-10-24-18/h3-8,14H,10H2,1-2H3/t14-/m1/s1. The van der Waals surface area contributed by atoms with Crippen LogP contribution in [0.25, 0.3) is 0 Å². The quantitative estimate of drug-likeness (QED) is 0.787. The molecule has 0 saturated carbocycles. The largest absolute Gasteiger partial charge is 0.497 e. The molecule has 3 rings (SSSR count). The van der Waals surface area contributed by atoms with E-state index in [2.05, 4.69) is 6.07 Å². The van der Waals surface area contributed by atoms with Crippen LogP contribution < -0.4 is 18.9 Å². The van der Waals surface area contributed by atoms with Gasteiger partial charge >= 0.3 is 0 Å². The Balaban J connectivity index is 1.96. The minimum Gasteiger partial charge on any atom is -0.497 e. The van der Waals surface area contributed by atoms with Gasteiger partial charge in [0, 0.05) is 5.56 Å². The number of ether oxygens (including phenoxy) is 4. The van der Waals surface area contributed by atoms with Gasteiger partial charge in [0.15, 0.2) is 17.3 Å². The van der Waals surface area contributed by atoms with E-state index in [1.165, 1.54) is 7.11 Å². The highest BCUT2D eigenvalue weighted by molar-refractivity contribution is 6.03. The molecule has 2 aromatic carbocycles. The molecule has 2 aromatic rings. The van der Waals surface area contributed by atoms with Crippen molar-refractivity contribution in [1.82, 2.24) is 0 Å². The fourth-order valence-electron chi connectivity index (χ4n) is 2.52. The summed E-state index contributed by atoms with van der Waals surface area (Å²) in [7, 11) is 3.04. The van der Waals surface area contributed by atoms with E-state index in [0.29, 0.717) is 34.1 Å². The van der Waals surface area contributed by atoms with E-state index in [-0.39, 0.29) is 12.6 Å². The van der Waals surface area contributed by atoms with Crippen LogP contribution in [-0.4, -0.2) is 26.8 Å².